The summed E-state index contributed by atoms with van der Waals surface area (Å²) in [5.41, 5.74) is -0.208. The number of nitrogens with one attached hydrogen (secondary N) is 1. The molecule has 0 spiro atoms. The number of hydrogen-bond donors (Lipinski definition) is 2. The van der Waals surface area contributed by atoms with Crippen molar-refractivity contribution in [3.63, 3.8) is 0 Å². The Bertz CT molecular complexity index is 204. The first-order valence-electron chi connectivity index (χ1n) is 5.64. The number of rotatable bonds is 8. The fourth-order valence-electron chi connectivity index (χ4n) is 1.07. The zero-order valence-electron chi connectivity index (χ0n) is 10.8. The molecule has 0 aromatic rings. The van der Waals surface area contributed by atoms with Crippen molar-refractivity contribution in [1.29, 1.82) is 0 Å². The largest absolute Gasteiger partial charge is 0.389 e. The molecule has 0 saturated heterocycles. The molecule has 2 unspecified atom stereocenters. The van der Waals surface area contributed by atoms with Gasteiger partial charge >= 0.3 is 0 Å². The van der Waals surface area contributed by atoms with Crippen LogP contribution in [0.5, 0.6) is 0 Å². The fourth-order valence-corrected chi connectivity index (χ4v) is 1.63. The van der Waals surface area contributed by atoms with Crippen LogP contribution >= 0.6 is 0 Å². The van der Waals surface area contributed by atoms with Crippen molar-refractivity contribution < 1.29 is 14.1 Å². The second-order valence-electron chi connectivity index (χ2n) is 4.91. The monoisotopic (exact) mass is 251 g/mol. The number of aliphatic hydroxyl groups is 1. The Morgan fingerprint density at radius 2 is 2.06 bits per heavy atom. The molecule has 0 aromatic carbocycles. The van der Waals surface area contributed by atoms with E-state index in [1.165, 1.54) is 0 Å². The average molecular weight is 251 g/mol. The summed E-state index contributed by atoms with van der Waals surface area (Å²) < 4.78 is 16.2. The van der Waals surface area contributed by atoms with E-state index in [4.69, 9.17) is 4.74 Å². The zero-order valence-corrected chi connectivity index (χ0v) is 11.6. The molecule has 0 aliphatic carbocycles. The highest BCUT2D eigenvalue weighted by atomic mass is 32.2. The van der Waals surface area contributed by atoms with Crippen LogP contribution in [0.15, 0.2) is 0 Å². The predicted octanol–water partition coefficient (Wildman–Crippen LogP) is 0.521. The van der Waals surface area contributed by atoms with Crippen LogP contribution in [0.2, 0.25) is 0 Å². The number of hydrogen-bond acceptors (Lipinski definition) is 4. The van der Waals surface area contributed by atoms with Crippen molar-refractivity contribution in [2.75, 3.05) is 31.7 Å². The van der Waals surface area contributed by atoms with E-state index in [2.05, 4.69) is 5.32 Å². The summed E-state index contributed by atoms with van der Waals surface area (Å²) in [5, 5.41) is 12.7. The van der Waals surface area contributed by atoms with Crippen molar-refractivity contribution in [2.45, 2.75) is 38.9 Å². The summed E-state index contributed by atoms with van der Waals surface area (Å²) in [6, 6.07) is 0. The van der Waals surface area contributed by atoms with Crippen LogP contribution in [0.3, 0.4) is 0 Å². The summed E-state index contributed by atoms with van der Waals surface area (Å²) in [6.45, 7) is 7.53. The summed E-state index contributed by atoms with van der Waals surface area (Å²) >= 11 is 0. The summed E-state index contributed by atoms with van der Waals surface area (Å²) in [6.07, 6.45) is 2.09. The van der Waals surface area contributed by atoms with Gasteiger partial charge in [0.2, 0.25) is 0 Å². The molecule has 2 atom stereocenters. The molecular formula is C11H25NO3S. The molecule has 4 nitrogen and oxygen atoms in total. The van der Waals surface area contributed by atoms with Gasteiger partial charge in [0.1, 0.15) is 0 Å². The third-order valence-electron chi connectivity index (χ3n) is 1.87. The lowest BCUT2D eigenvalue weighted by Crippen LogP contribution is -2.34. The van der Waals surface area contributed by atoms with Gasteiger partial charge in [0.15, 0.2) is 0 Å². The molecule has 2 N–H and O–H groups in total. The first-order chi connectivity index (χ1) is 7.31. The van der Waals surface area contributed by atoms with Crippen molar-refractivity contribution in [3.8, 4) is 0 Å². The molecule has 0 saturated carbocycles. The predicted molar refractivity (Wildman–Crippen MR) is 68.1 cm³/mol. The lowest BCUT2D eigenvalue weighted by atomic mass is 10.2. The smallest absolute Gasteiger partial charge is 0.0897 e. The van der Waals surface area contributed by atoms with Gasteiger partial charge in [-0.15, -0.1) is 0 Å². The molecule has 0 rings (SSSR count). The molecule has 0 aromatic heterocycles. The normalized spacial score (nSPS) is 16.1. The van der Waals surface area contributed by atoms with Crippen molar-refractivity contribution in [1.82, 2.24) is 5.32 Å². The Morgan fingerprint density at radius 1 is 1.44 bits per heavy atom. The van der Waals surface area contributed by atoms with E-state index in [0.717, 1.165) is 13.0 Å². The first-order valence-corrected chi connectivity index (χ1v) is 7.37. The van der Waals surface area contributed by atoms with Crippen LogP contribution in [-0.2, 0) is 15.5 Å². The van der Waals surface area contributed by atoms with E-state index in [1.807, 2.05) is 20.8 Å². The standard InChI is InChI=1S/C11H25NO3S/c1-11(2,3)15-9-10(13)8-12-6-5-7-16(4)14/h10,12-13H,5-9H2,1-4H3. The van der Waals surface area contributed by atoms with Crippen LogP contribution in [0.4, 0.5) is 0 Å². The SMILES string of the molecule is CS(=O)CCCNCC(O)COC(C)(C)C. The van der Waals surface area contributed by atoms with Gasteiger partial charge in [-0.3, -0.25) is 4.21 Å². The van der Waals surface area contributed by atoms with Gasteiger partial charge in [-0.1, -0.05) is 0 Å². The summed E-state index contributed by atoms with van der Waals surface area (Å²) in [7, 11) is -0.722. The molecule has 0 aliphatic heterocycles. The van der Waals surface area contributed by atoms with Crippen molar-refractivity contribution in [3.05, 3.63) is 0 Å². The third-order valence-corrected chi connectivity index (χ3v) is 2.74. The van der Waals surface area contributed by atoms with E-state index in [1.54, 1.807) is 6.26 Å². The Morgan fingerprint density at radius 3 is 2.56 bits per heavy atom. The van der Waals surface area contributed by atoms with Crippen LogP contribution < -0.4 is 5.32 Å². The number of ether oxygens (including phenoxy) is 1. The lowest BCUT2D eigenvalue weighted by Gasteiger charge is -2.22. The zero-order chi connectivity index (χ0) is 12.6. The van der Waals surface area contributed by atoms with Gasteiger partial charge < -0.3 is 15.2 Å². The molecule has 0 amide bonds. The fraction of sp³-hybridized carbons (Fsp3) is 1.00. The molecular weight excluding hydrogens is 226 g/mol. The highest BCUT2D eigenvalue weighted by Gasteiger charge is 2.13. The van der Waals surface area contributed by atoms with Crippen molar-refractivity contribution >= 4 is 10.8 Å². The highest BCUT2D eigenvalue weighted by molar-refractivity contribution is 7.84. The third kappa shape index (κ3) is 12.1. The van der Waals surface area contributed by atoms with Crippen LogP contribution in [0.25, 0.3) is 0 Å². The van der Waals surface area contributed by atoms with Crippen LogP contribution in [0.1, 0.15) is 27.2 Å². The van der Waals surface area contributed by atoms with Gasteiger partial charge in [-0.05, 0) is 33.7 Å². The molecule has 0 fully saturated rings. The van der Waals surface area contributed by atoms with Gasteiger partial charge in [0.25, 0.3) is 0 Å². The van der Waals surface area contributed by atoms with E-state index in [0.29, 0.717) is 18.9 Å². The van der Waals surface area contributed by atoms with Gasteiger partial charge in [0, 0.05) is 29.4 Å². The second kappa shape index (κ2) is 8.17. The van der Waals surface area contributed by atoms with Gasteiger partial charge in [-0.2, -0.15) is 0 Å². The Kier molecular flexibility index (Phi) is 8.18. The maximum absolute atomic E-state index is 10.8. The number of aliphatic hydroxyl groups excluding tert-OH is 1. The maximum atomic E-state index is 10.8. The van der Waals surface area contributed by atoms with Crippen LogP contribution in [-0.4, -0.2) is 52.7 Å². The molecule has 0 radical (unpaired) electrons. The molecule has 0 heterocycles. The topological polar surface area (TPSA) is 58.6 Å². The second-order valence-corrected chi connectivity index (χ2v) is 6.47. The van der Waals surface area contributed by atoms with Gasteiger partial charge in [-0.25, -0.2) is 0 Å². The minimum Gasteiger partial charge on any atom is -0.389 e. The van der Waals surface area contributed by atoms with E-state index >= 15 is 0 Å². The molecule has 5 heteroatoms. The van der Waals surface area contributed by atoms with E-state index in [-0.39, 0.29) is 5.60 Å². The first kappa shape index (κ1) is 16.0. The van der Waals surface area contributed by atoms with Crippen molar-refractivity contribution in [2.24, 2.45) is 0 Å². The van der Waals surface area contributed by atoms with Crippen LogP contribution in [0, 0.1) is 0 Å². The lowest BCUT2D eigenvalue weighted by molar-refractivity contribution is -0.0478. The Labute approximate surface area is 101 Å². The van der Waals surface area contributed by atoms with E-state index < -0.39 is 16.9 Å². The Hall–Kier alpha value is 0.0300. The van der Waals surface area contributed by atoms with Gasteiger partial charge in [0.05, 0.1) is 18.3 Å². The maximum Gasteiger partial charge on any atom is 0.0897 e. The molecule has 0 aliphatic rings. The minimum absolute atomic E-state index is 0.208. The summed E-state index contributed by atoms with van der Waals surface area (Å²) in [5.74, 6) is 0.710. The van der Waals surface area contributed by atoms with E-state index in [9.17, 15) is 9.32 Å². The highest BCUT2D eigenvalue weighted by Crippen LogP contribution is 2.06. The minimum atomic E-state index is -0.722. The quantitative estimate of drug-likeness (QED) is 0.618. The molecule has 0 bridgehead atoms. The average Bonchev–Trinajstić information content (AvgIpc) is 2.12. The Balaban J connectivity index is 3.37. The molecule has 98 valence electrons. The summed E-state index contributed by atoms with van der Waals surface area (Å²) in [4.78, 5) is 0. The molecule has 16 heavy (non-hydrogen) atoms.